The van der Waals surface area contributed by atoms with Crippen LogP contribution in [-0.2, 0) is 28.8 Å². The normalized spacial score (nSPS) is 9.62. The second-order valence-corrected chi connectivity index (χ2v) is 6.98. The molecule has 0 unspecified atom stereocenters. The molecule has 0 aliphatic heterocycles. The maximum atomic E-state index is 10.3. The van der Waals surface area contributed by atoms with Gasteiger partial charge in [-0.3, -0.25) is 9.59 Å². The van der Waals surface area contributed by atoms with Crippen LogP contribution in [0.5, 0.6) is 0 Å². The number of carbonyl (C=O) groups is 6. The van der Waals surface area contributed by atoms with Crippen LogP contribution in [0.2, 0.25) is 0 Å². The van der Waals surface area contributed by atoms with Crippen LogP contribution in [0.25, 0.3) is 0 Å². The molecule has 17 heteroatoms. The van der Waals surface area contributed by atoms with Gasteiger partial charge in [0.15, 0.2) is 5.60 Å². The van der Waals surface area contributed by atoms with Gasteiger partial charge in [-0.25, -0.2) is 4.79 Å². The molecule has 0 saturated heterocycles. The molecule has 14 nitrogen and oxygen atoms in total. The van der Waals surface area contributed by atoms with E-state index in [1.807, 2.05) is 0 Å². The first-order valence-electron chi connectivity index (χ1n) is 9.11. The van der Waals surface area contributed by atoms with E-state index in [0.29, 0.717) is 0 Å². The predicted octanol–water partition coefficient (Wildman–Crippen LogP) is -13.2. The van der Waals surface area contributed by atoms with E-state index in [0.717, 1.165) is 0 Å². The van der Waals surface area contributed by atoms with Crippen molar-refractivity contribution in [3.8, 4) is 0 Å². The quantitative estimate of drug-likeness (QED) is 0.167. The molecule has 0 bridgehead atoms. The number of carboxylic acid groups (broad SMARTS) is 6. The van der Waals surface area contributed by atoms with Crippen molar-refractivity contribution in [1.29, 1.82) is 0 Å². The molecule has 37 heavy (non-hydrogen) atoms. The summed E-state index contributed by atoms with van der Waals surface area (Å²) in [5, 5.41) is 72.7. The monoisotopic (exact) mass is 556 g/mol. The number of hydrogen-bond donors (Lipinski definition) is 5. The summed E-state index contributed by atoms with van der Waals surface area (Å²) < 4.78 is 0. The second kappa shape index (κ2) is 21.8. The average Bonchev–Trinajstić information content (AvgIpc) is 2.62. The first-order chi connectivity index (χ1) is 15.4. The molecule has 0 heterocycles. The predicted molar refractivity (Wildman–Crippen MR) is 102 cm³/mol. The standard InChI is InChI=1S/C8H10.2C6H8O7.3Na/c1-7-5-3-4-6-8(7)2;2*7-3(8)1-6(13,5(11)12)2-4(9)10;;;/h3-6H,1-2H3;2*13H,1-2H2,(H,7,8)(H,9,10)(H,11,12);;;/q;;;3*+1/p-3. The van der Waals surface area contributed by atoms with E-state index < -0.39 is 72.7 Å². The maximum absolute atomic E-state index is 10.3. The molecule has 0 aromatic heterocycles. The minimum atomic E-state index is -2.97. The summed E-state index contributed by atoms with van der Waals surface area (Å²) >= 11 is 0. The van der Waals surface area contributed by atoms with Crippen LogP contribution >= 0.6 is 0 Å². The van der Waals surface area contributed by atoms with Crippen molar-refractivity contribution in [1.82, 2.24) is 0 Å². The van der Waals surface area contributed by atoms with Crippen LogP contribution in [0.15, 0.2) is 24.3 Å². The van der Waals surface area contributed by atoms with Crippen LogP contribution < -0.4 is 104 Å². The van der Waals surface area contributed by atoms with Crippen molar-refractivity contribution >= 4 is 35.8 Å². The van der Waals surface area contributed by atoms with Gasteiger partial charge in [0.05, 0.1) is 18.8 Å². The number of aryl methyl sites for hydroxylation is 2. The van der Waals surface area contributed by atoms with Gasteiger partial charge in [0.2, 0.25) is 0 Å². The van der Waals surface area contributed by atoms with E-state index in [4.69, 9.17) is 25.5 Å². The summed E-state index contributed by atoms with van der Waals surface area (Å²) in [6.07, 6.45) is -5.00. The van der Waals surface area contributed by atoms with Crippen molar-refractivity contribution in [2.24, 2.45) is 0 Å². The number of benzene rings is 1. The van der Waals surface area contributed by atoms with Crippen molar-refractivity contribution in [2.75, 3.05) is 0 Å². The summed E-state index contributed by atoms with van der Waals surface area (Å²) in [5.41, 5.74) is -2.98. The van der Waals surface area contributed by atoms with Crippen molar-refractivity contribution in [2.45, 2.75) is 50.7 Å². The van der Waals surface area contributed by atoms with Crippen LogP contribution in [0.4, 0.5) is 0 Å². The number of aliphatic hydroxyl groups is 2. The Kier molecular flexibility index (Phi) is 27.1. The third-order valence-corrected chi connectivity index (χ3v) is 3.96. The topological polar surface area (TPSA) is 273 Å². The Bertz CT molecular complexity index is 814. The van der Waals surface area contributed by atoms with Crippen molar-refractivity contribution in [3.63, 3.8) is 0 Å². The van der Waals surface area contributed by atoms with E-state index in [1.165, 1.54) is 11.1 Å². The fourth-order valence-electron chi connectivity index (χ4n) is 2.06. The van der Waals surface area contributed by atoms with Gasteiger partial charge in [0.25, 0.3) is 0 Å². The molecule has 0 aliphatic carbocycles. The molecule has 0 saturated carbocycles. The van der Waals surface area contributed by atoms with Gasteiger partial charge >= 0.3 is 107 Å². The summed E-state index contributed by atoms with van der Waals surface area (Å²) in [6, 6.07) is 8.36. The van der Waals surface area contributed by atoms with Gasteiger partial charge in [-0.2, -0.15) is 0 Å². The largest absolute Gasteiger partial charge is 1.00 e. The molecule has 0 atom stereocenters. The zero-order chi connectivity index (χ0) is 27.3. The number of carbonyl (C=O) groups excluding carboxylic acids is 3. The van der Waals surface area contributed by atoms with Crippen molar-refractivity contribution < 1.29 is 158 Å². The summed E-state index contributed by atoms with van der Waals surface area (Å²) in [6.45, 7) is 4.24. The minimum Gasteiger partial charge on any atom is -0.550 e. The fourth-order valence-corrected chi connectivity index (χ4v) is 2.06. The van der Waals surface area contributed by atoms with E-state index in [2.05, 4.69) is 38.1 Å². The minimum absolute atomic E-state index is 0. The van der Waals surface area contributed by atoms with Crippen LogP contribution in [0, 0.1) is 13.8 Å². The smallest absolute Gasteiger partial charge is 0.550 e. The second-order valence-electron chi connectivity index (χ2n) is 6.98. The molecule has 0 spiro atoms. The maximum Gasteiger partial charge on any atom is 1.00 e. The van der Waals surface area contributed by atoms with Gasteiger partial charge in [-0.05, 0) is 25.0 Å². The van der Waals surface area contributed by atoms with Crippen molar-refractivity contribution in [3.05, 3.63) is 35.4 Å². The third-order valence-electron chi connectivity index (χ3n) is 3.96. The average molecular weight is 556 g/mol. The molecule has 190 valence electrons. The summed E-state index contributed by atoms with van der Waals surface area (Å²) in [5.74, 6) is -11.0. The molecule has 1 aromatic carbocycles. The molecular formula is C20H23Na3O14. The van der Waals surface area contributed by atoms with Crippen LogP contribution in [0.1, 0.15) is 36.8 Å². The SMILES string of the molecule is Cc1ccccc1C.O=C(O)CC(O)(CC(=O)O)C(=O)O.O=C([O-])CC(O)(CC(=O)[O-])C(=O)[O-].[Na+].[Na+].[Na+]. The zero-order valence-corrected chi connectivity index (χ0v) is 27.0. The van der Waals surface area contributed by atoms with E-state index in [-0.39, 0.29) is 88.7 Å². The molecule has 1 rings (SSSR count). The van der Waals surface area contributed by atoms with Gasteiger partial charge < -0.3 is 55.2 Å². The van der Waals surface area contributed by atoms with Gasteiger partial charge in [0, 0.05) is 24.8 Å². The first-order valence-corrected chi connectivity index (χ1v) is 9.11. The van der Waals surface area contributed by atoms with E-state index >= 15 is 0 Å². The molecule has 1 aromatic rings. The number of rotatable bonds is 10. The Hall–Kier alpha value is -1.04. The summed E-state index contributed by atoms with van der Waals surface area (Å²) in [7, 11) is 0. The van der Waals surface area contributed by atoms with E-state index in [9.17, 15) is 44.1 Å². The number of carboxylic acids is 6. The Morgan fingerprint density at radius 2 is 0.946 bits per heavy atom. The zero-order valence-electron chi connectivity index (χ0n) is 21.0. The van der Waals surface area contributed by atoms with E-state index in [1.54, 1.807) is 0 Å². The van der Waals surface area contributed by atoms with Crippen LogP contribution in [-0.4, -0.2) is 72.6 Å². The van der Waals surface area contributed by atoms with Gasteiger partial charge in [-0.1, -0.05) is 24.3 Å². The third kappa shape index (κ3) is 21.6. The Balaban J connectivity index is -0.000000136. The number of hydrogen-bond acceptors (Lipinski definition) is 11. The molecular weight excluding hydrogens is 533 g/mol. The fraction of sp³-hybridized carbons (Fsp3) is 0.400. The Morgan fingerprint density at radius 3 is 1.11 bits per heavy atom. The summed E-state index contributed by atoms with van der Waals surface area (Å²) in [4.78, 5) is 60.5. The van der Waals surface area contributed by atoms with Crippen LogP contribution in [0.3, 0.4) is 0 Å². The van der Waals surface area contributed by atoms with Gasteiger partial charge in [0.1, 0.15) is 5.60 Å². The molecule has 0 radical (unpaired) electrons. The molecule has 0 aliphatic rings. The Morgan fingerprint density at radius 1 is 0.649 bits per heavy atom. The number of aliphatic carboxylic acids is 6. The Labute approximate surface area is 277 Å². The molecule has 0 amide bonds. The first kappa shape index (κ1) is 45.9. The van der Waals surface area contributed by atoms with Gasteiger partial charge in [-0.15, -0.1) is 0 Å². The molecule has 5 N–H and O–H groups in total. The molecule has 0 fully saturated rings.